The highest BCUT2D eigenvalue weighted by molar-refractivity contribution is 5.95. The first-order valence-corrected chi connectivity index (χ1v) is 9.23. The number of hydrogen-bond donors (Lipinski definition) is 2. The predicted octanol–water partition coefficient (Wildman–Crippen LogP) is 4.07. The number of aromatic amines is 1. The lowest BCUT2D eigenvalue weighted by atomic mass is 10.1. The highest BCUT2D eigenvalue weighted by Crippen LogP contribution is 2.29. The first-order chi connectivity index (χ1) is 14.1. The fourth-order valence-corrected chi connectivity index (χ4v) is 3.28. The van der Waals surface area contributed by atoms with Gasteiger partial charge in [0.15, 0.2) is 0 Å². The Morgan fingerprint density at radius 2 is 2.03 bits per heavy atom. The Labute approximate surface area is 171 Å². The van der Waals surface area contributed by atoms with Crippen molar-refractivity contribution in [1.29, 1.82) is 0 Å². The molecule has 4 rings (SSSR count). The van der Waals surface area contributed by atoms with Crippen LogP contribution in [-0.4, -0.2) is 33.0 Å². The summed E-state index contributed by atoms with van der Waals surface area (Å²) in [5.74, 6) is 0.539. The molecule has 0 bridgehead atoms. The van der Waals surface area contributed by atoms with E-state index >= 15 is 0 Å². The summed E-state index contributed by atoms with van der Waals surface area (Å²) in [6, 6.07) is 9.93. The van der Waals surface area contributed by atoms with Gasteiger partial charge in [-0.15, -0.1) is 0 Å². The molecule has 0 aliphatic carbocycles. The Morgan fingerprint density at radius 1 is 1.17 bits per heavy atom. The molecular formula is C22H25N5O2. The van der Waals surface area contributed by atoms with Crippen LogP contribution in [0.2, 0.25) is 0 Å². The fourth-order valence-electron chi connectivity index (χ4n) is 3.28. The van der Waals surface area contributed by atoms with Crippen molar-refractivity contribution in [2.24, 2.45) is 0 Å². The van der Waals surface area contributed by atoms with Crippen molar-refractivity contribution in [1.82, 2.24) is 25.3 Å². The number of aromatic nitrogens is 4. The number of carbonyl (C=O) groups is 1. The van der Waals surface area contributed by atoms with E-state index in [2.05, 4.69) is 38.2 Å². The number of methoxy groups -OCH3 is 1. The maximum absolute atomic E-state index is 12.4. The smallest absolute Gasteiger partial charge is 0.254 e. The van der Waals surface area contributed by atoms with Crippen LogP contribution in [-0.2, 0) is 6.54 Å². The lowest BCUT2D eigenvalue weighted by Crippen LogP contribution is -2.24. The third-order valence-electron chi connectivity index (χ3n) is 4.96. The van der Waals surface area contributed by atoms with E-state index in [0.717, 1.165) is 39.2 Å². The number of hydrogen-bond acceptors (Lipinski definition) is 5. The van der Waals surface area contributed by atoms with Crippen LogP contribution in [0.4, 0.5) is 0 Å². The van der Waals surface area contributed by atoms with Gasteiger partial charge < -0.3 is 15.0 Å². The summed E-state index contributed by atoms with van der Waals surface area (Å²) in [7, 11) is 1.62. The van der Waals surface area contributed by atoms with Crippen LogP contribution < -0.4 is 10.1 Å². The van der Waals surface area contributed by atoms with Gasteiger partial charge >= 0.3 is 0 Å². The molecule has 7 nitrogen and oxygen atoms in total. The molecule has 0 atom stereocenters. The summed E-state index contributed by atoms with van der Waals surface area (Å²) in [6.45, 7) is 4.28. The number of fused-ring (bicyclic) bond motifs is 1. The highest BCUT2D eigenvalue weighted by Gasteiger charge is 2.13. The zero-order chi connectivity index (χ0) is 20.4. The summed E-state index contributed by atoms with van der Waals surface area (Å²) in [5.41, 5.74) is 6.12. The maximum Gasteiger partial charge on any atom is 0.254 e. The topological polar surface area (TPSA) is 92.8 Å². The van der Waals surface area contributed by atoms with Crippen molar-refractivity contribution in [3.8, 4) is 17.1 Å². The third-order valence-corrected chi connectivity index (χ3v) is 4.96. The molecule has 0 aliphatic rings. The molecule has 0 saturated carbocycles. The number of nitrogens with zero attached hydrogens (tertiary/aromatic N) is 3. The van der Waals surface area contributed by atoms with E-state index in [1.807, 2.05) is 24.3 Å². The second kappa shape index (κ2) is 7.71. The fraction of sp³-hybridized carbons (Fsp3) is 0.182. The molecule has 1 aromatic carbocycles. The Bertz CT molecular complexity index is 1190. The Balaban J connectivity index is 0.00000171. The number of rotatable bonds is 5. The van der Waals surface area contributed by atoms with Gasteiger partial charge in [0, 0.05) is 26.5 Å². The van der Waals surface area contributed by atoms with Crippen LogP contribution in [0.15, 0.2) is 49.1 Å². The molecule has 0 spiro atoms. The second-order valence-electron chi connectivity index (χ2n) is 6.79. The van der Waals surface area contributed by atoms with Crippen LogP contribution in [0.5, 0.6) is 5.75 Å². The Kier molecular flexibility index (Phi) is 4.95. The van der Waals surface area contributed by atoms with Crippen molar-refractivity contribution < 1.29 is 12.4 Å². The maximum atomic E-state index is 12.4. The number of aryl methyl sites for hydroxylation is 2. The first-order valence-electron chi connectivity index (χ1n) is 9.23. The van der Waals surface area contributed by atoms with Gasteiger partial charge in [-0.1, -0.05) is 6.07 Å². The first kappa shape index (κ1) is 18.6. The standard InChI is InChI=1S/C22H21N5O2.2H2/c1-13-17-8-15(9-25-22(28)18-11-23-12-26-14(18)2)4-6-19(17)27-21(13)20-7-5-16(29-3)10-24-20;;/h4-8,10-12,27H,9H2,1-3H3,(H,25,28);2*1H. The number of H-pyrrole nitrogens is 1. The van der Waals surface area contributed by atoms with E-state index in [9.17, 15) is 4.79 Å². The molecule has 7 heteroatoms. The van der Waals surface area contributed by atoms with E-state index in [0.29, 0.717) is 17.8 Å². The van der Waals surface area contributed by atoms with Crippen LogP contribution >= 0.6 is 0 Å². The number of carbonyl (C=O) groups excluding carboxylic acids is 1. The van der Waals surface area contributed by atoms with E-state index in [1.54, 1.807) is 20.2 Å². The number of pyridine rings is 1. The number of nitrogens with one attached hydrogen (secondary N) is 2. The summed E-state index contributed by atoms with van der Waals surface area (Å²) >= 11 is 0. The molecule has 4 aromatic rings. The molecule has 0 aliphatic heterocycles. The minimum absolute atomic E-state index is 0. The number of amides is 1. The van der Waals surface area contributed by atoms with Crippen molar-refractivity contribution >= 4 is 16.8 Å². The number of benzene rings is 1. The van der Waals surface area contributed by atoms with Crippen molar-refractivity contribution in [3.63, 3.8) is 0 Å². The average Bonchev–Trinajstić information content (AvgIpc) is 3.08. The zero-order valence-electron chi connectivity index (χ0n) is 16.5. The molecule has 150 valence electrons. The minimum Gasteiger partial charge on any atom is -0.495 e. The molecule has 0 radical (unpaired) electrons. The van der Waals surface area contributed by atoms with E-state index in [1.165, 1.54) is 12.5 Å². The minimum atomic E-state index is -0.183. The van der Waals surface area contributed by atoms with Gasteiger partial charge in [-0.2, -0.15) is 0 Å². The molecule has 3 heterocycles. The van der Waals surface area contributed by atoms with Crippen LogP contribution in [0.3, 0.4) is 0 Å². The number of ether oxygens (including phenoxy) is 1. The van der Waals surface area contributed by atoms with E-state index < -0.39 is 0 Å². The summed E-state index contributed by atoms with van der Waals surface area (Å²) in [6.07, 6.45) is 4.67. The summed E-state index contributed by atoms with van der Waals surface area (Å²) in [4.78, 5) is 28.3. The summed E-state index contributed by atoms with van der Waals surface area (Å²) < 4.78 is 5.18. The molecule has 29 heavy (non-hydrogen) atoms. The molecule has 3 aromatic heterocycles. The van der Waals surface area contributed by atoms with Crippen molar-refractivity contribution in [2.75, 3.05) is 7.11 Å². The molecule has 0 unspecified atom stereocenters. The van der Waals surface area contributed by atoms with Crippen molar-refractivity contribution in [2.45, 2.75) is 20.4 Å². The van der Waals surface area contributed by atoms with Gasteiger partial charge in [-0.3, -0.25) is 9.78 Å². The Morgan fingerprint density at radius 3 is 2.76 bits per heavy atom. The lowest BCUT2D eigenvalue weighted by molar-refractivity contribution is 0.0949. The van der Waals surface area contributed by atoms with Crippen LogP contribution in [0, 0.1) is 13.8 Å². The normalized spacial score (nSPS) is 10.9. The van der Waals surface area contributed by atoms with Gasteiger partial charge in [0.1, 0.15) is 12.1 Å². The van der Waals surface area contributed by atoms with Crippen LogP contribution in [0.25, 0.3) is 22.3 Å². The van der Waals surface area contributed by atoms with Gasteiger partial charge in [-0.25, -0.2) is 9.97 Å². The quantitative estimate of drug-likeness (QED) is 0.535. The molecule has 1 amide bonds. The second-order valence-corrected chi connectivity index (χ2v) is 6.79. The lowest BCUT2D eigenvalue weighted by Gasteiger charge is -2.07. The zero-order valence-corrected chi connectivity index (χ0v) is 16.5. The van der Waals surface area contributed by atoms with Crippen LogP contribution in [0.1, 0.15) is 30.0 Å². The Hall–Kier alpha value is -3.74. The van der Waals surface area contributed by atoms with Gasteiger partial charge in [-0.05, 0) is 49.2 Å². The van der Waals surface area contributed by atoms with Crippen molar-refractivity contribution in [3.05, 3.63) is 71.4 Å². The van der Waals surface area contributed by atoms with Gasteiger partial charge in [0.2, 0.25) is 0 Å². The third kappa shape index (κ3) is 3.67. The van der Waals surface area contributed by atoms with Gasteiger partial charge in [0.05, 0.1) is 36.0 Å². The highest BCUT2D eigenvalue weighted by atomic mass is 16.5. The van der Waals surface area contributed by atoms with Gasteiger partial charge in [0.25, 0.3) is 5.91 Å². The predicted molar refractivity (Wildman–Crippen MR) is 115 cm³/mol. The van der Waals surface area contributed by atoms with E-state index in [-0.39, 0.29) is 8.76 Å². The summed E-state index contributed by atoms with van der Waals surface area (Å²) in [5, 5.41) is 4.04. The largest absolute Gasteiger partial charge is 0.495 e. The SMILES string of the molecule is COc1ccc(-c2[nH]c3ccc(CNC(=O)c4cncnc4C)cc3c2C)nc1.[HH].[HH]. The monoisotopic (exact) mass is 391 g/mol. The average molecular weight is 391 g/mol. The molecule has 0 saturated heterocycles. The van der Waals surface area contributed by atoms with E-state index in [4.69, 9.17) is 4.74 Å². The molecule has 2 N–H and O–H groups in total. The molecular weight excluding hydrogens is 366 g/mol. The molecule has 0 fully saturated rings.